The second-order valence-electron chi connectivity index (χ2n) is 8.72. The van der Waals surface area contributed by atoms with Gasteiger partial charge in [-0.05, 0) is 67.5 Å². The molecule has 1 aromatic heterocycles. The molecular formula is C26H26N2O5S. The first-order chi connectivity index (χ1) is 16.5. The maximum absolute atomic E-state index is 13.4. The van der Waals surface area contributed by atoms with Crippen LogP contribution in [0.25, 0.3) is 10.9 Å². The molecule has 1 aliphatic carbocycles. The summed E-state index contributed by atoms with van der Waals surface area (Å²) in [5.41, 5.74) is 3.80. The van der Waals surface area contributed by atoms with E-state index in [4.69, 9.17) is 9.47 Å². The molecule has 1 fully saturated rings. The van der Waals surface area contributed by atoms with Gasteiger partial charge in [0.2, 0.25) is 0 Å². The van der Waals surface area contributed by atoms with Gasteiger partial charge in [0, 0.05) is 12.2 Å². The van der Waals surface area contributed by atoms with Gasteiger partial charge in [0.25, 0.3) is 5.56 Å². The molecule has 2 aliphatic rings. The molecule has 7 nitrogen and oxygen atoms in total. The van der Waals surface area contributed by atoms with Crippen LogP contribution in [0.3, 0.4) is 0 Å². The number of ether oxygens (including phenoxy) is 2. The van der Waals surface area contributed by atoms with Gasteiger partial charge in [-0.15, -0.1) is 0 Å². The van der Waals surface area contributed by atoms with Crippen molar-refractivity contribution in [3.63, 3.8) is 0 Å². The Kier molecular flexibility index (Phi) is 6.52. The van der Waals surface area contributed by atoms with E-state index < -0.39 is 5.97 Å². The predicted molar refractivity (Wildman–Crippen MR) is 130 cm³/mol. The minimum Gasteiger partial charge on any atom is -0.465 e. The molecular weight excluding hydrogens is 452 g/mol. The molecule has 0 radical (unpaired) electrons. The number of aromatic nitrogens is 2. The van der Waals surface area contributed by atoms with E-state index in [1.807, 2.05) is 12.1 Å². The molecule has 1 saturated heterocycles. The number of carbonyl (C=O) groups excluding carboxylic acids is 2. The van der Waals surface area contributed by atoms with Crippen molar-refractivity contribution in [2.75, 3.05) is 19.5 Å². The molecule has 8 heteroatoms. The highest BCUT2D eigenvalue weighted by atomic mass is 32.2. The SMILES string of the molecule is COC(=O)c1ccc2c(=O)n(CC3CCCO3)c(SCC(=O)c3ccc4c(c3)CCC4)nc2c1. The Morgan fingerprint density at radius 2 is 1.94 bits per heavy atom. The Morgan fingerprint density at radius 3 is 2.74 bits per heavy atom. The summed E-state index contributed by atoms with van der Waals surface area (Å²) in [7, 11) is 1.31. The summed E-state index contributed by atoms with van der Waals surface area (Å²) in [5, 5.41) is 0.865. The smallest absolute Gasteiger partial charge is 0.337 e. The average molecular weight is 479 g/mol. The van der Waals surface area contributed by atoms with Crippen LogP contribution in [0.1, 0.15) is 51.1 Å². The fraction of sp³-hybridized carbons (Fsp3) is 0.385. The fourth-order valence-electron chi connectivity index (χ4n) is 4.67. The first kappa shape index (κ1) is 22.8. The highest BCUT2D eigenvalue weighted by molar-refractivity contribution is 7.99. The summed E-state index contributed by atoms with van der Waals surface area (Å²) >= 11 is 1.25. The fourth-order valence-corrected chi connectivity index (χ4v) is 5.57. The first-order valence-electron chi connectivity index (χ1n) is 11.6. The van der Waals surface area contributed by atoms with Crippen LogP contribution in [0.4, 0.5) is 0 Å². The van der Waals surface area contributed by atoms with E-state index in [1.54, 1.807) is 22.8 Å². The lowest BCUT2D eigenvalue weighted by atomic mass is 10.0. The van der Waals surface area contributed by atoms with Crippen molar-refractivity contribution in [3.8, 4) is 0 Å². The predicted octanol–water partition coefficient (Wildman–Crippen LogP) is 3.83. The zero-order valence-corrected chi connectivity index (χ0v) is 19.9. The summed E-state index contributed by atoms with van der Waals surface area (Å²) < 4.78 is 12.2. The maximum Gasteiger partial charge on any atom is 0.337 e. The van der Waals surface area contributed by atoms with E-state index in [0.29, 0.717) is 40.3 Å². The van der Waals surface area contributed by atoms with Gasteiger partial charge in [0.1, 0.15) is 0 Å². The van der Waals surface area contributed by atoms with Crippen molar-refractivity contribution in [1.29, 1.82) is 0 Å². The van der Waals surface area contributed by atoms with Crippen LogP contribution in [0, 0.1) is 0 Å². The summed E-state index contributed by atoms with van der Waals surface area (Å²) in [4.78, 5) is 43.0. The average Bonchev–Trinajstić information content (AvgIpc) is 3.55. The number of carbonyl (C=O) groups is 2. The number of esters is 1. The molecule has 0 bridgehead atoms. The third kappa shape index (κ3) is 4.52. The molecule has 1 unspecified atom stereocenters. The van der Waals surface area contributed by atoms with Gasteiger partial charge in [0.05, 0.1) is 42.0 Å². The molecule has 5 rings (SSSR count). The van der Waals surface area contributed by atoms with E-state index >= 15 is 0 Å². The van der Waals surface area contributed by atoms with Gasteiger partial charge in [-0.2, -0.15) is 0 Å². The topological polar surface area (TPSA) is 87.5 Å². The van der Waals surface area contributed by atoms with Crippen LogP contribution < -0.4 is 5.56 Å². The van der Waals surface area contributed by atoms with Crippen molar-refractivity contribution < 1.29 is 19.1 Å². The number of ketones is 1. The van der Waals surface area contributed by atoms with Gasteiger partial charge in [0.15, 0.2) is 10.9 Å². The van der Waals surface area contributed by atoms with Gasteiger partial charge >= 0.3 is 5.97 Å². The van der Waals surface area contributed by atoms with E-state index in [0.717, 1.165) is 32.1 Å². The molecule has 1 aliphatic heterocycles. The van der Waals surface area contributed by atoms with Crippen molar-refractivity contribution >= 4 is 34.4 Å². The van der Waals surface area contributed by atoms with Crippen LogP contribution in [0.5, 0.6) is 0 Å². The lowest BCUT2D eigenvalue weighted by molar-refractivity contribution is 0.0600. The third-order valence-electron chi connectivity index (χ3n) is 6.50. The Balaban J connectivity index is 1.47. The van der Waals surface area contributed by atoms with E-state index in [9.17, 15) is 14.4 Å². The highest BCUT2D eigenvalue weighted by Gasteiger charge is 2.22. The summed E-state index contributed by atoms with van der Waals surface area (Å²) in [6, 6.07) is 10.7. The normalized spacial score (nSPS) is 17.1. The molecule has 176 valence electrons. The largest absolute Gasteiger partial charge is 0.465 e. The van der Waals surface area contributed by atoms with Crippen molar-refractivity contribution in [3.05, 3.63) is 69.0 Å². The molecule has 0 saturated carbocycles. The zero-order valence-electron chi connectivity index (χ0n) is 19.0. The number of hydrogen-bond donors (Lipinski definition) is 0. The molecule has 0 N–H and O–H groups in total. The second kappa shape index (κ2) is 9.72. The molecule has 2 aromatic carbocycles. The van der Waals surface area contributed by atoms with Gasteiger partial charge in [-0.3, -0.25) is 14.2 Å². The molecule has 0 spiro atoms. The quantitative estimate of drug-likeness (QED) is 0.221. The summed E-state index contributed by atoms with van der Waals surface area (Å²) in [6.07, 6.45) is 5.00. The lowest BCUT2D eigenvalue weighted by Gasteiger charge is -2.16. The maximum atomic E-state index is 13.4. The van der Waals surface area contributed by atoms with E-state index in [1.165, 1.54) is 30.0 Å². The molecule has 3 aromatic rings. The van der Waals surface area contributed by atoms with Crippen LogP contribution in [-0.4, -0.2) is 46.9 Å². The number of Topliss-reactive ketones (excluding diaryl/α,β-unsaturated/α-hetero) is 1. The lowest BCUT2D eigenvalue weighted by Crippen LogP contribution is -2.29. The second-order valence-corrected chi connectivity index (χ2v) is 9.66. The van der Waals surface area contributed by atoms with E-state index in [2.05, 4.69) is 11.1 Å². The number of fused-ring (bicyclic) bond motifs is 2. The number of aryl methyl sites for hydroxylation is 2. The van der Waals surface area contributed by atoms with Crippen molar-refractivity contribution in [1.82, 2.24) is 9.55 Å². The minimum absolute atomic E-state index is 0.000948. The summed E-state index contributed by atoms with van der Waals surface area (Å²) in [5.74, 6) is -0.326. The molecule has 2 heterocycles. The number of methoxy groups -OCH3 is 1. The number of thioether (sulfide) groups is 1. The summed E-state index contributed by atoms with van der Waals surface area (Å²) in [6.45, 7) is 1.07. The Morgan fingerprint density at radius 1 is 1.12 bits per heavy atom. The molecule has 0 amide bonds. The Labute approximate surface area is 201 Å². The standard InChI is InChI=1S/C26H26N2O5S/c1-32-25(31)19-9-10-21-22(13-19)27-26(28(24(21)30)14-20-6-3-11-33-20)34-15-23(29)18-8-7-16-4-2-5-17(16)12-18/h7-10,12-13,20H,2-6,11,14-15H2,1H3. The Hall–Kier alpha value is -2.97. The monoisotopic (exact) mass is 478 g/mol. The number of benzene rings is 2. The highest BCUT2D eigenvalue weighted by Crippen LogP contribution is 2.26. The van der Waals surface area contributed by atoms with Crippen molar-refractivity contribution in [2.45, 2.75) is 49.9 Å². The van der Waals surface area contributed by atoms with Gasteiger partial charge < -0.3 is 9.47 Å². The van der Waals surface area contributed by atoms with E-state index in [-0.39, 0.29) is 23.2 Å². The van der Waals surface area contributed by atoms with Crippen LogP contribution in [0.15, 0.2) is 46.3 Å². The van der Waals surface area contributed by atoms with Crippen LogP contribution in [-0.2, 0) is 28.9 Å². The van der Waals surface area contributed by atoms with Crippen LogP contribution >= 0.6 is 11.8 Å². The number of rotatable bonds is 7. The number of hydrogen-bond acceptors (Lipinski definition) is 7. The molecule has 34 heavy (non-hydrogen) atoms. The Bertz CT molecular complexity index is 1330. The zero-order chi connectivity index (χ0) is 23.7. The molecule has 1 atom stereocenters. The third-order valence-corrected chi connectivity index (χ3v) is 7.48. The van der Waals surface area contributed by atoms with Gasteiger partial charge in [-0.1, -0.05) is 23.9 Å². The van der Waals surface area contributed by atoms with Crippen LogP contribution in [0.2, 0.25) is 0 Å². The van der Waals surface area contributed by atoms with Gasteiger partial charge in [-0.25, -0.2) is 9.78 Å². The number of nitrogens with zero attached hydrogens (tertiary/aromatic N) is 2. The van der Waals surface area contributed by atoms with Crippen molar-refractivity contribution in [2.24, 2.45) is 0 Å². The minimum atomic E-state index is -0.492. The first-order valence-corrected chi connectivity index (χ1v) is 12.5.